The number of nitrogens with one attached hydrogen (secondary N) is 2. The third kappa shape index (κ3) is 4.70. The second-order valence-corrected chi connectivity index (χ2v) is 6.51. The quantitative estimate of drug-likeness (QED) is 0.452. The van der Waals surface area contributed by atoms with E-state index >= 15 is 0 Å². The average Bonchev–Trinajstić information content (AvgIpc) is 2.68. The summed E-state index contributed by atoms with van der Waals surface area (Å²) < 4.78 is 5.13. The van der Waals surface area contributed by atoms with E-state index in [1.165, 1.54) is 0 Å². The maximum Gasteiger partial charge on any atom is 0.332 e. The van der Waals surface area contributed by atoms with Crippen LogP contribution in [-0.2, 0) is 0 Å². The molecule has 0 atom stereocenters. The monoisotopic (exact) mass is 394 g/mol. The highest BCUT2D eigenvalue weighted by Crippen LogP contribution is 2.30. The van der Waals surface area contributed by atoms with Crippen LogP contribution in [-0.4, -0.2) is 36.1 Å². The zero-order chi connectivity index (χ0) is 21.0. The number of hydrogen-bond acceptors (Lipinski definition) is 8. The Morgan fingerprint density at radius 1 is 0.966 bits per heavy atom. The van der Waals surface area contributed by atoms with Crippen molar-refractivity contribution in [3.63, 3.8) is 0 Å². The molecule has 2 N–H and O–H groups in total. The average molecular weight is 394 g/mol. The van der Waals surface area contributed by atoms with Crippen LogP contribution in [0.15, 0.2) is 48.5 Å². The van der Waals surface area contributed by atoms with Crippen molar-refractivity contribution in [3.8, 4) is 5.75 Å². The molecule has 0 aliphatic carbocycles. The van der Waals surface area contributed by atoms with Crippen molar-refractivity contribution in [2.24, 2.45) is 0 Å². The Morgan fingerprint density at radius 3 is 2.10 bits per heavy atom. The van der Waals surface area contributed by atoms with E-state index < -0.39 is 4.92 Å². The molecule has 0 aliphatic heterocycles. The van der Waals surface area contributed by atoms with E-state index in [2.05, 4.69) is 20.6 Å². The minimum absolute atomic E-state index is 0.111. The van der Waals surface area contributed by atoms with Crippen LogP contribution in [0.2, 0.25) is 0 Å². The Morgan fingerprint density at radius 2 is 1.55 bits per heavy atom. The Kier molecular flexibility index (Phi) is 5.77. The number of ether oxygens (including phenoxy) is 1. The first-order valence-corrected chi connectivity index (χ1v) is 8.86. The van der Waals surface area contributed by atoms with Gasteiger partial charge >= 0.3 is 5.69 Å². The number of nitro groups is 1. The van der Waals surface area contributed by atoms with Crippen molar-refractivity contribution in [2.75, 3.05) is 36.7 Å². The summed E-state index contributed by atoms with van der Waals surface area (Å²) in [6.45, 7) is 1.58. The summed E-state index contributed by atoms with van der Waals surface area (Å²) >= 11 is 0. The number of anilines is 5. The topological polar surface area (TPSA) is 105 Å². The van der Waals surface area contributed by atoms with Gasteiger partial charge in [0.1, 0.15) is 11.4 Å². The van der Waals surface area contributed by atoms with Crippen molar-refractivity contribution in [2.45, 2.75) is 6.92 Å². The molecule has 1 heterocycles. The number of rotatable bonds is 7. The fourth-order valence-electron chi connectivity index (χ4n) is 2.71. The maximum atomic E-state index is 11.5. The van der Waals surface area contributed by atoms with Crippen molar-refractivity contribution < 1.29 is 9.66 Å². The fraction of sp³-hybridized carbons (Fsp3) is 0.200. The van der Waals surface area contributed by atoms with Gasteiger partial charge in [-0.25, -0.2) is 4.98 Å². The van der Waals surface area contributed by atoms with Gasteiger partial charge in [-0.2, -0.15) is 4.98 Å². The summed E-state index contributed by atoms with van der Waals surface area (Å²) in [4.78, 5) is 21.6. The lowest BCUT2D eigenvalue weighted by Crippen LogP contribution is -2.09. The number of aryl methyl sites for hydroxylation is 1. The summed E-state index contributed by atoms with van der Waals surface area (Å²) in [5.74, 6) is 1.06. The normalized spacial score (nSPS) is 10.3. The Bertz CT molecular complexity index is 1000. The summed E-state index contributed by atoms with van der Waals surface area (Å²) in [6, 6.07) is 14.7. The van der Waals surface area contributed by atoms with Crippen LogP contribution in [0, 0.1) is 17.0 Å². The van der Waals surface area contributed by atoms with E-state index in [0.717, 1.165) is 11.4 Å². The van der Waals surface area contributed by atoms with Crippen molar-refractivity contribution in [1.29, 1.82) is 0 Å². The van der Waals surface area contributed by atoms with E-state index in [9.17, 15) is 10.1 Å². The minimum Gasteiger partial charge on any atom is -0.497 e. The predicted octanol–water partition coefficient (Wildman–Crippen LogP) is 4.26. The zero-order valence-electron chi connectivity index (χ0n) is 16.6. The van der Waals surface area contributed by atoms with Crippen LogP contribution < -0.4 is 20.3 Å². The summed E-state index contributed by atoms with van der Waals surface area (Å²) in [5.41, 5.74) is 2.56. The third-order valence-electron chi connectivity index (χ3n) is 4.23. The molecule has 2 aromatic carbocycles. The number of hydrogen-bond donors (Lipinski definition) is 2. The highest BCUT2D eigenvalue weighted by molar-refractivity contribution is 5.70. The van der Waals surface area contributed by atoms with Crippen LogP contribution in [0.25, 0.3) is 0 Å². The predicted molar refractivity (Wildman–Crippen MR) is 114 cm³/mol. The van der Waals surface area contributed by atoms with E-state index in [0.29, 0.717) is 11.4 Å². The van der Waals surface area contributed by atoms with E-state index in [4.69, 9.17) is 4.74 Å². The Balaban J connectivity index is 1.91. The summed E-state index contributed by atoms with van der Waals surface area (Å²) in [5, 5.41) is 17.6. The molecule has 0 unspecified atom stereocenters. The van der Waals surface area contributed by atoms with E-state index in [1.807, 2.05) is 43.3 Å². The van der Waals surface area contributed by atoms with Gasteiger partial charge in [-0.3, -0.25) is 10.1 Å². The Hall–Kier alpha value is -3.88. The van der Waals surface area contributed by atoms with Gasteiger partial charge in [0, 0.05) is 31.2 Å². The molecular formula is C20H22N6O3. The van der Waals surface area contributed by atoms with Gasteiger partial charge in [0.25, 0.3) is 0 Å². The third-order valence-corrected chi connectivity index (χ3v) is 4.23. The highest BCUT2D eigenvalue weighted by Gasteiger charge is 2.22. The number of aromatic nitrogens is 2. The molecule has 0 radical (unpaired) electrons. The van der Waals surface area contributed by atoms with Crippen molar-refractivity contribution >= 4 is 34.5 Å². The molecule has 3 rings (SSSR count). The summed E-state index contributed by atoms with van der Waals surface area (Å²) in [6.07, 6.45) is 0. The molecule has 1 aromatic heterocycles. The molecule has 9 heteroatoms. The second-order valence-electron chi connectivity index (χ2n) is 6.51. The number of benzene rings is 2. The van der Waals surface area contributed by atoms with Crippen LogP contribution in [0.5, 0.6) is 5.75 Å². The molecule has 0 fully saturated rings. The van der Waals surface area contributed by atoms with E-state index in [-0.39, 0.29) is 23.1 Å². The largest absolute Gasteiger partial charge is 0.497 e. The lowest BCUT2D eigenvalue weighted by Gasteiger charge is -2.14. The SMILES string of the molecule is COc1ccc(Nc2nc(Nc3ccc(N(C)C)cc3)nc(C)c2[N+](=O)[O-])cc1. The van der Waals surface area contributed by atoms with Crippen molar-refractivity contribution in [1.82, 2.24) is 9.97 Å². The first-order valence-electron chi connectivity index (χ1n) is 8.86. The van der Waals surface area contributed by atoms with Crippen molar-refractivity contribution in [3.05, 3.63) is 64.3 Å². The molecule has 3 aromatic rings. The van der Waals surface area contributed by atoms with Gasteiger partial charge in [-0.05, 0) is 55.5 Å². The lowest BCUT2D eigenvalue weighted by molar-refractivity contribution is -0.385. The molecule has 0 amide bonds. The molecular weight excluding hydrogens is 372 g/mol. The van der Waals surface area contributed by atoms with Gasteiger partial charge in [0.2, 0.25) is 11.8 Å². The number of methoxy groups -OCH3 is 1. The summed E-state index contributed by atoms with van der Waals surface area (Å²) in [7, 11) is 5.49. The smallest absolute Gasteiger partial charge is 0.332 e. The molecule has 0 saturated carbocycles. The minimum atomic E-state index is -0.489. The highest BCUT2D eigenvalue weighted by atomic mass is 16.6. The molecule has 150 valence electrons. The van der Waals surface area contributed by atoms with Gasteiger partial charge in [-0.15, -0.1) is 0 Å². The van der Waals surface area contributed by atoms with Crippen LogP contribution in [0.1, 0.15) is 5.69 Å². The number of nitrogens with zero attached hydrogens (tertiary/aromatic N) is 4. The standard InChI is InChI=1S/C20H22N6O3/c1-13-18(26(27)28)19(22-14-7-11-17(29-4)12-8-14)24-20(21-13)23-15-5-9-16(10-6-15)25(2)3/h5-12H,1-4H3,(H2,21,22,23,24). The zero-order valence-corrected chi connectivity index (χ0v) is 16.6. The van der Waals surface area contributed by atoms with Crippen LogP contribution in [0.3, 0.4) is 0 Å². The second kappa shape index (κ2) is 8.42. The molecule has 0 saturated heterocycles. The van der Waals surface area contributed by atoms with Gasteiger partial charge in [0.05, 0.1) is 12.0 Å². The van der Waals surface area contributed by atoms with Gasteiger partial charge in [0.15, 0.2) is 0 Å². The maximum absolute atomic E-state index is 11.5. The molecule has 0 spiro atoms. The molecule has 0 aliphatic rings. The van der Waals surface area contributed by atoms with Gasteiger partial charge in [-0.1, -0.05) is 0 Å². The first kappa shape index (κ1) is 19.9. The van der Waals surface area contributed by atoms with E-state index in [1.54, 1.807) is 38.3 Å². The first-order chi connectivity index (χ1) is 13.9. The molecule has 29 heavy (non-hydrogen) atoms. The molecule has 0 bridgehead atoms. The molecule has 9 nitrogen and oxygen atoms in total. The fourth-order valence-corrected chi connectivity index (χ4v) is 2.71. The van der Waals surface area contributed by atoms with Crippen LogP contribution in [0.4, 0.5) is 34.5 Å². The Labute approximate surface area is 168 Å². The van der Waals surface area contributed by atoms with Crippen LogP contribution >= 0.6 is 0 Å². The lowest BCUT2D eigenvalue weighted by atomic mass is 10.2. The van der Waals surface area contributed by atoms with Gasteiger partial charge < -0.3 is 20.3 Å².